The normalized spacial score (nSPS) is 13.7. The number of fused-ring (bicyclic) bond motifs is 3. The van der Waals surface area contributed by atoms with E-state index in [0.717, 1.165) is 11.1 Å². The second-order valence-corrected chi connectivity index (χ2v) is 12.8. The van der Waals surface area contributed by atoms with Gasteiger partial charge in [-0.3, -0.25) is 0 Å². The minimum atomic E-state index is -3.81. The zero-order valence-electron chi connectivity index (χ0n) is 23.8. The van der Waals surface area contributed by atoms with E-state index >= 15 is 0 Å². The number of aliphatic hydroxyl groups excluding tert-OH is 1. The molecule has 4 rings (SSSR count). The van der Waals surface area contributed by atoms with Gasteiger partial charge in [0, 0.05) is 30.7 Å². The van der Waals surface area contributed by atoms with Crippen molar-refractivity contribution in [1.82, 2.24) is 9.62 Å². The van der Waals surface area contributed by atoms with Crippen LogP contribution in [0.15, 0.2) is 77.7 Å². The highest BCUT2D eigenvalue weighted by atomic mass is 32.2. The maximum Gasteiger partial charge on any atom is 0.407 e. The fraction of sp³-hybridized carbons (Fsp3) is 0.406. The molecule has 0 bridgehead atoms. The molecule has 9 heteroatoms. The summed E-state index contributed by atoms with van der Waals surface area (Å²) >= 11 is 0. The SMILES string of the molecule is CC(C)CCN([C@H](CO)CCCCNC(=O)OCC1c2ccccc2-c2ccccc21)S(=O)(=O)c1ccc(N)cc1. The van der Waals surface area contributed by atoms with Crippen molar-refractivity contribution in [3.63, 3.8) is 0 Å². The topological polar surface area (TPSA) is 122 Å². The number of hydrogen-bond donors (Lipinski definition) is 3. The molecule has 0 unspecified atom stereocenters. The van der Waals surface area contributed by atoms with Gasteiger partial charge in [0.05, 0.1) is 11.5 Å². The molecule has 41 heavy (non-hydrogen) atoms. The van der Waals surface area contributed by atoms with Gasteiger partial charge in [0.2, 0.25) is 10.0 Å². The number of nitrogens with one attached hydrogen (secondary N) is 1. The number of ether oxygens (including phenoxy) is 1. The number of unbranched alkanes of at least 4 members (excludes halogenated alkanes) is 1. The van der Waals surface area contributed by atoms with Crippen molar-refractivity contribution in [2.24, 2.45) is 5.92 Å². The predicted octanol–water partition coefficient (Wildman–Crippen LogP) is 5.38. The second-order valence-electron chi connectivity index (χ2n) is 11.0. The van der Waals surface area contributed by atoms with Gasteiger partial charge in [0.1, 0.15) is 6.61 Å². The van der Waals surface area contributed by atoms with Crippen molar-refractivity contribution in [3.8, 4) is 11.1 Å². The van der Waals surface area contributed by atoms with E-state index in [0.29, 0.717) is 50.4 Å². The Labute approximate surface area is 243 Å². The van der Waals surface area contributed by atoms with Crippen molar-refractivity contribution < 1.29 is 23.1 Å². The van der Waals surface area contributed by atoms with E-state index < -0.39 is 22.2 Å². The van der Waals surface area contributed by atoms with E-state index in [-0.39, 0.29) is 24.0 Å². The summed E-state index contributed by atoms with van der Waals surface area (Å²) in [6.45, 7) is 4.75. The molecule has 3 aromatic rings. The third-order valence-corrected chi connectivity index (χ3v) is 9.57. The van der Waals surface area contributed by atoms with Crippen LogP contribution < -0.4 is 11.1 Å². The summed E-state index contributed by atoms with van der Waals surface area (Å²) in [6, 6.07) is 22.0. The molecule has 0 heterocycles. The van der Waals surface area contributed by atoms with Crippen LogP contribution in [0, 0.1) is 5.92 Å². The molecule has 4 N–H and O–H groups in total. The Morgan fingerprint density at radius 3 is 2.15 bits per heavy atom. The van der Waals surface area contributed by atoms with Crippen molar-refractivity contribution in [1.29, 1.82) is 0 Å². The maximum atomic E-state index is 13.5. The molecule has 0 radical (unpaired) electrons. The maximum absolute atomic E-state index is 13.5. The molecule has 8 nitrogen and oxygen atoms in total. The van der Waals surface area contributed by atoms with Crippen LogP contribution in [0.25, 0.3) is 11.1 Å². The van der Waals surface area contributed by atoms with Crippen molar-refractivity contribution in [3.05, 3.63) is 83.9 Å². The molecule has 0 fully saturated rings. The lowest BCUT2D eigenvalue weighted by Crippen LogP contribution is -2.43. The molecular weight excluding hydrogens is 538 g/mol. The van der Waals surface area contributed by atoms with Gasteiger partial charge < -0.3 is 20.9 Å². The summed E-state index contributed by atoms with van der Waals surface area (Å²) in [7, 11) is -3.81. The molecule has 3 aromatic carbocycles. The number of alkyl carbamates (subject to hydrolysis) is 1. The quantitative estimate of drug-likeness (QED) is 0.174. The third kappa shape index (κ3) is 7.47. The number of nitrogens with zero attached hydrogens (tertiary/aromatic N) is 1. The lowest BCUT2D eigenvalue weighted by Gasteiger charge is -2.30. The average molecular weight is 580 g/mol. The van der Waals surface area contributed by atoms with Crippen LogP contribution >= 0.6 is 0 Å². The first-order valence-electron chi connectivity index (χ1n) is 14.3. The fourth-order valence-corrected chi connectivity index (χ4v) is 6.99. The molecule has 0 saturated heterocycles. The number of amides is 1. The molecule has 0 aliphatic heterocycles. The van der Waals surface area contributed by atoms with Crippen LogP contribution in [0.2, 0.25) is 0 Å². The zero-order chi connectivity index (χ0) is 29.4. The standard InChI is InChI=1S/C32H41N3O5S/c1-23(2)18-20-35(41(38,39)26-16-14-24(33)15-17-26)25(21-36)9-7-8-19-34-32(37)40-22-31-29-12-5-3-10-27(29)28-11-4-6-13-30(28)31/h3-6,10-17,23,25,31,36H,7-9,18-22,33H2,1-2H3,(H,34,37)/t25-/m0/s1. The average Bonchev–Trinajstić information content (AvgIpc) is 3.28. The first-order valence-corrected chi connectivity index (χ1v) is 15.7. The number of benzene rings is 3. The molecule has 220 valence electrons. The Balaban J connectivity index is 1.27. The first-order chi connectivity index (χ1) is 19.7. The molecule has 0 aromatic heterocycles. The van der Waals surface area contributed by atoms with Crippen LogP contribution in [-0.2, 0) is 14.8 Å². The summed E-state index contributed by atoms with van der Waals surface area (Å²) in [5.41, 5.74) is 10.9. The van der Waals surface area contributed by atoms with E-state index in [9.17, 15) is 18.3 Å². The number of rotatable bonds is 14. The number of carbonyl (C=O) groups is 1. The number of hydrogen-bond acceptors (Lipinski definition) is 6. The molecular formula is C32H41N3O5S. The Bertz CT molecular complexity index is 1360. The molecule has 1 amide bonds. The van der Waals surface area contributed by atoms with Gasteiger partial charge in [-0.05, 0) is 71.7 Å². The molecule has 1 aliphatic rings. The number of nitrogen functional groups attached to an aromatic ring is 1. The molecule has 0 saturated carbocycles. The van der Waals surface area contributed by atoms with Crippen LogP contribution in [0.1, 0.15) is 56.6 Å². The highest BCUT2D eigenvalue weighted by Gasteiger charge is 2.31. The Morgan fingerprint density at radius 2 is 1.56 bits per heavy atom. The van der Waals surface area contributed by atoms with Crippen LogP contribution in [0.3, 0.4) is 0 Å². The summed E-state index contributed by atoms with van der Waals surface area (Å²) < 4.78 is 34.0. The smallest absolute Gasteiger partial charge is 0.407 e. The van der Waals surface area contributed by atoms with Gasteiger partial charge in [0.25, 0.3) is 0 Å². The zero-order valence-corrected chi connectivity index (χ0v) is 24.6. The first kappa shape index (κ1) is 30.6. The third-order valence-electron chi connectivity index (χ3n) is 7.61. The van der Waals surface area contributed by atoms with Gasteiger partial charge in [-0.2, -0.15) is 4.31 Å². The van der Waals surface area contributed by atoms with Gasteiger partial charge in [-0.15, -0.1) is 0 Å². The van der Waals surface area contributed by atoms with Crippen molar-refractivity contribution in [2.45, 2.75) is 56.4 Å². The summed E-state index contributed by atoms with van der Waals surface area (Å²) in [6.07, 6.45) is 1.92. The predicted molar refractivity (Wildman–Crippen MR) is 162 cm³/mol. The van der Waals surface area contributed by atoms with Crippen molar-refractivity contribution >= 4 is 21.8 Å². The minimum absolute atomic E-state index is 0.00158. The van der Waals surface area contributed by atoms with E-state index in [1.165, 1.54) is 27.6 Å². The fourth-order valence-electron chi connectivity index (χ4n) is 5.33. The molecule has 1 aliphatic carbocycles. The summed E-state index contributed by atoms with van der Waals surface area (Å²) in [5, 5.41) is 13.0. The van der Waals surface area contributed by atoms with Gasteiger partial charge in [0.15, 0.2) is 0 Å². The Morgan fingerprint density at radius 1 is 0.951 bits per heavy atom. The van der Waals surface area contributed by atoms with Gasteiger partial charge >= 0.3 is 6.09 Å². The number of carbonyl (C=O) groups excluding carboxylic acids is 1. The molecule has 1 atom stereocenters. The Hall–Kier alpha value is -3.40. The number of aliphatic hydroxyl groups is 1. The highest BCUT2D eigenvalue weighted by Crippen LogP contribution is 2.44. The van der Waals surface area contributed by atoms with Crippen LogP contribution in [-0.4, -0.2) is 56.3 Å². The van der Waals surface area contributed by atoms with Crippen LogP contribution in [0.5, 0.6) is 0 Å². The van der Waals surface area contributed by atoms with E-state index in [1.807, 2.05) is 38.1 Å². The lowest BCUT2D eigenvalue weighted by molar-refractivity contribution is 0.142. The monoisotopic (exact) mass is 579 g/mol. The summed E-state index contributed by atoms with van der Waals surface area (Å²) in [5.74, 6) is 0.304. The number of sulfonamides is 1. The van der Waals surface area contributed by atoms with E-state index in [4.69, 9.17) is 10.5 Å². The lowest BCUT2D eigenvalue weighted by atomic mass is 9.98. The second kappa shape index (κ2) is 14.0. The van der Waals surface area contributed by atoms with Gasteiger partial charge in [-0.25, -0.2) is 13.2 Å². The summed E-state index contributed by atoms with van der Waals surface area (Å²) in [4.78, 5) is 12.6. The Kier molecular flexibility index (Phi) is 10.4. The van der Waals surface area contributed by atoms with Crippen molar-refractivity contribution in [2.75, 3.05) is 32.0 Å². The molecule has 0 spiro atoms. The van der Waals surface area contributed by atoms with Crippen LogP contribution in [0.4, 0.5) is 10.5 Å². The largest absolute Gasteiger partial charge is 0.449 e. The van der Waals surface area contributed by atoms with Gasteiger partial charge in [-0.1, -0.05) is 68.8 Å². The van der Waals surface area contributed by atoms with E-state index in [2.05, 4.69) is 29.6 Å². The number of nitrogens with two attached hydrogens (primary N) is 1. The highest BCUT2D eigenvalue weighted by molar-refractivity contribution is 7.89. The van der Waals surface area contributed by atoms with E-state index in [1.54, 1.807) is 12.1 Å². The number of anilines is 1. The minimum Gasteiger partial charge on any atom is -0.449 e.